The minimum Gasteiger partial charge on any atom is -0.304 e. The Balaban J connectivity index is 2.34. The van der Waals surface area contributed by atoms with Crippen molar-refractivity contribution in [2.24, 2.45) is 0 Å². The summed E-state index contributed by atoms with van der Waals surface area (Å²) in [4.78, 5) is 23.0. The van der Waals surface area contributed by atoms with Gasteiger partial charge in [0.05, 0.1) is 10.9 Å². The Morgan fingerprint density at radius 3 is 2.94 bits per heavy atom. The Hall–Kier alpha value is -2.01. The highest BCUT2D eigenvalue weighted by atomic mass is 32.1. The average molecular weight is 229 g/mol. The number of nitrogens with one attached hydrogen (secondary N) is 1. The highest BCUT2D eigenvalue weighted by Crippen LogP contribution is 2.17. The number of H-pyrrole nitrogens is 1. The van der Waals surface area contributed by atoms with Gasteiger partial charge in [0.15, 0.2) is 10.8 Å². The van der Waals surface area contributed by atoms with E-state index in [1.54, 1.807) is 12.3 Å². The summed E-state index contributed by atoms with van der Waals surface area (Å²) in [6.45, 7) is 0. The van der Waals surface area contributed by atoms with Crippen molar-refractivity contribution < 1.29 is 0 Å². The number of hydrogen-bond acceptors (Lipinski definition) is 4. The van der Waals surface area contributed by atoms with E-state index >= 15 is 0 Å². The molecule has 1 aromatic carbocycles. The zero-order valence-electron chi connectivity index (χ0n) is 8.18. The molecule has 0 radical (unpaired) electrons. The molecule has 0 bridgehead atoms. The van der Waals surface area contributed by atoms with E-state index in [9.17, 15) is 4.79 Å². The number of aromatic nitrogens is 3. The summed E-state index contributed by atoms with van der Waals surface area (Å²) in [7, 11) is 0. The lowest BCUT2D eigenvalue weighted by Gasteiger charge is -1.98. The van der Waals surface area contributed by atoms with Gasteiger partial charge in [-0.05, 0) is 12.1 Å². The van der Waals surface area contributed by atoms with Crippen LogP contribution >= 0.6 is 11.3 Å². The summed E-state index contributed by atoms with van der Waals surface area (Å²) >= 11 is 1.45. The molecule has 0 atom stereocenters. The molecule has 0 aliphatic carbocycles. The molecule has 2 aromatic heterocycles. The maximum absolute atomic E-state index is 11.8. The molecule has 0 spiro atoms. The van der Waals surface area contributed by atoms with Gasteiger partial charge in [-0.3, -0.25) is 4.79 Å². The Bertz CT molecular complexity index is 688. The van der Waals surface area contributed by atoms with Crippen LogP contribution in [0.1, 0.15) is 0 Å². The molecule has 0 fully saturated rings. The first-order valence-electron chi connectivity index (χ1n) is 4.73. The van der Waals surface area contributed by atoms with Crippen LogP contribution in [0.25, 0.3) is 21.7 Å². The predicted octanol–water partition coefficient (Wildman–Crippen LogP) is 2.05. The van der Waals surface area contributed by atoms with Crippen molar-refractivity contribution in [2.75, 3.05) is 0 Å². The number of para-hydroxylation sites is 1. The van der Waals surface area contributed by atoms with Gasteiger partial charge in [-0.15, -0.1) is 11.3 Å². The third kappa shape index (κ3) is 1.42. The zero-order chi connectivity index (χ0) is 11.0. The molecule has 3 aromatic rings. The number of hydrogen-bond donors (Lipinski definition) is 1. The van der Waals surface area contributed by atoms with Crippen molar-refractivity contribution >= 4 is 22.2 Å². The Morgan fingerprint density at radius 1 is 1.25 bits per heavy atom. The van der Waals surface area contributed by atoms with Crippen molar-refractivity contribution in [3.8, 4) is 10.8 Å². The second kappa shape index (κ2) is 3.53. The van der Waals surface area contributed by atoms with E-state index in [0.717, 1.165) is 5.01 Å². The third-order valence-electron chi connectivity index (χ3n) is 2.25. The number of aromatic amines is 1. The highest BCUT2D eigenvalue weighted by Gasteiger charge is 2.06. The summed E-state index contributed by atoms with van der Waals surface area (Å²) in [5, 5.41) is 3.18. The number of fused-ring (bicyclic) bond motifs is 1. The standard InChI is InChI=1S/C11H7N3OS/c15-10-7-3-1-2-4-8(7)13-9(14-10)11-12-5-6-16-11/h1-6H,(H,13,14,15). The van der Waals surface area contributed by atoms with Crippen LogP contribution in [0.15, 0.2) is 40.6 Å². The average Bonchev–Trinajstić information content (AvgIpc) is 2.82. The lowest BCUT2D eigenvalue weighted by Crippen LogP contribution is -2.09. The first-order valence-corrected chi connectivity index (χ1v) is 5.61. The Morgan fingerprint density at radius 2 is 2.12 bits per heavy atom. The van der Waals surface area contributed by atoms with Crippen LogP contribution in [0.3, 0.4) is 0 Å². The van der Waals surface area contributed by atoms with Crippen molar-refractivity contribution in [2.45, 2.75) is 0 Å². The van der Waals surface area contributed by atoms with Crippen LogP contribution in [0, 0.1) is 0 Å². The number of benzene rings is 1. The number of rotatable bonds is 1. The van der Waals surface area contributed by atoms with Gasteiger partial charge in [0.2, 0.25) is 0 Å². The largest absolute Gasteiger partial charge is 0.304 e. The SMILES string of the molecule is O=c1[nH]c(-c2nccs2)nc2ccccc12. The summed E-state index contributed by atoms with van der Waals surface area (Å²) in [5.74, 6) is 0.527. The first kappa shape index (κ1) is 9.23. The van der Waals surface area contributed by atoms with Gasteiger partial charge in [-0.1, -0.05) is 12.1 Å². The third-order valence-corrected chi connectivity index (χ3v) is 3.03. The molecule has 0 saturated heterocycles. The fraction of sp³-hybridized carbons (Fsp3) is 0. The summed E-state index contributed by atoms with van der Waals surface area (Å²) in [6, 6.07) is 7.26. The Labute approximate surface area is 94.6 Å². The highest BCUT2D eigenvalue weighted by molar-refractivity contribution is 7.13. The number of nitrogens with zero attached hydrogens (tertiary/aromatic N) is 2. The molecule has 16 heavy (non-hydrogen) atoms. The molecular weight excluding hydrogens is 222 g/mol. The van der Waals surface area contributed by atoms with Crippen molar-refractivity contribution in [1.82, 2.24) is 15.0 Å². The van der Waals surface area contributed by atoms with Crippen molar-refractivity contribution in [1.29, 1.82) is 0 Å². The summed E-state index contributed by atoms with van der Waals surface area (Å²) in [5.41, 5.74) is 0.562. The minimum atomic E-state index is -0.129. The van der Waals surface area contributed by atoms with E-state index in [-0.39, 0.29) is 5.56 Å². The maximum atomic E-state index is 11.8. The monoisotopic (exact) mass is 229 g/mol. The summed E-state index contributed by atoms with van der Waals surface area (Å²) in [6.07, 6.45) is 1.69. The second-order valence-electron chi connectivity index (χ2n) is 3.27. The van der Waals surface area contributed by atoms with Gasteiger partial charge < -0.3 is 4.98 Å². The van der Waals surface area contributed by atoms with Gasteiger partial charge in [0, 0.05) is 11.6 Å². The van der Waals surface area contributed by atoms with Gasteiger partial charge in [-0.2, -0.15) is 0 Å². The molecule has 0 aliphatic heterocycles. The normalized spacial score (nSPS) is 10.8. The van der Waals surface area contributed by atoms with Gasteiger partial charge in [0.1, 0.15) is 0 Å². The fourth-order valence-electron chi connectivity index (χ4n) is 1.53. The smallest absolute Gasteiger partial charge is 0.259 e. The molecule has 5 heteroatoms. The van der Waals surface area contributed by atoms with E-state index in [1.165, 1.54) is 11.3 Å². The molecule has 78 valence electrons. The van der Waals surface area contributed by atoms with Crippen molar-refractivity contribution in [3.05, 3.63) is 46.2 Å². The molecular formula is C11H7N3OS. The van der Waals surface area contributed by atoms with Crippen LogP contribution in [0.5, 0.6) is 0 Å². The predicted molar refractivity (Wildman–Crippen MR) is 63.5 cm³/mol. The van der Waals surface area contributed by atoms with E-state index < -0.39 is 0 Å². The lowest BCUT2D eigenvalue weighted by atomic mass is 10.2. The summed E-state index contributed by atoms with van der Waals surface area (Å²) < 4.78 is 0. The zero-order valence-corrected chi connectivity index (χ0v) is 8.99. The topological polar surface area (TPSA) is 58.6 Å². The quantitative estimate of drug-likeness (QED) is 0.694. The van der Waals surface area contributed by atoms with Crippen LogP contribution in [0.2, 0.25) is 0 Å². The molecule has 3 rings (SSSR count). The van der Waals surface area contributed by atoms with E-state index in [0.29, 0.717) is 16.7 Å². The molecule has 4 nitrogen and oxygen atoms in total. The van der Waals surface area contributed by atoms with E-state index in [1.807, 2.05) is 23.6 Å². The molecule has 0 saturated carbocycles. The van der Waals surface area contributed by atoms with Crippen LogP contribution in [0.4, 0.5) is 0 Å². The molecule has 0 aliphatic rings. The first-order chi connectivity index (χ1) is 7.84. The molecule has 0 unspecified atom stereocenters. The maximum Gasteiger partial charge on any atom is 0.259 e. The van der Waals surface area contributed by atoms with Crippen LogP contribution in [-0.4, -0.2) is 15.0 Å². The van der Waals surface area contributed by atoms with E-state index in [2.05, 4.69) is 15.0 Å². The van der Waals surface area contributed by atoms with Crippen LogP contribution in [-0.2, 0) is 0 Å². The Kier molecular flexibility index (Phi) is 2.04. The lowest BCUT2D eigenvalue weighted by molar-refractivity contribution is 1.16. The van der Waals surface area contributed by atoms with E-state index in [4.69, 9.17) is 0 Å². The molecule has 0 amide bonds. The van der Waals surface area contributed by atoms with Crippen LogP contribution < -0.4 is 5.56 Å². The molecule has 1 N–H and O–H groups in total. The van der Waals surface area contributed by atoms with Gasteiger partial charge in [-0.25, -0.2) is 9.97 Å². The van der Waals surface area contributed by atoms with Gasteiger partial charge in [0.25, 0.3) is 5.56 Å². The van der Waals surface area contributed by atoms with Crippen molar-refractivity contribution in [3.63, 3.8) is 0 Å². The second-order valence-corrected chi connectivity index (χ2v) is 4.16. The minimum absolute atomic E-state index is 0.129. The molecule has 2 heterocycles. The fourth-order valence-corrected chi connectivity index (χ4v) is 2.11. The van der Waals surface area contributed by atoms with Gasteiger partial charge >= 0.3 is 0 Å². The number of thiazole rings is 1.